The Labute approximate surface area is 152 Å². The fourth-order valence-electron chi connectivity index (χ4n) is 3.50. The van der Waals surface area contributed by atoms with E-state index in [2.05, 4.69) is 29.6 Å². The van der Waals surface area contributed by atoms with Crippen LogP contribution in [-0.2, 0) is 17.6 Å². The van der Waals surface area contributed by atoms with Gasteiger partial charge < -0.3 is 14.8 Å². The fraction of sp³-hybridized carbons (Fsp3) is 0.227. The molecule has 3 aromatic rings. The van der Waals surface area contributed by atoms with Gasteiger partial charge in [-0.05, 0) is 66.6 Å². The molecule has 0 saturated heterocycles. The van der Waals surface area contributed by atoms with Gasteiger partial charge >= 0.3 is 0 Å². The van der Waals surface area contributed by atoms with Gasteiger partial charge in [-0.1, -0.05) is 24.3 Å². The van der Waals surface area contributed by atoms with E-state index < -0.39 is 6.10 Å². The summed E-state index contributed by atoms with van der Waals surface area (Å²) in [4.78, 5) is 12.6. The maximum Gasteiger partial charge on any atom is 0.265 e. The number of carbonyl (C=O) groups is 1. The normalized spacial score (nSPS) is 13.5. The third kappa shape index (κ3) is 2.99. The van der Waals surface area contributed by atoms with Gasteiger partial charge in [0.25, 0.3) is 5.91 Å². The first-order valence-electron chi connectivity index (χ1n) is 8.81. The fourth-order valence-corrected chi connectivity index (χ4v) is 3.50. The third-order valence-electron chi connectivity index (χ3n) is 4.88. The number of ether oxygens (including phenoxy) is 2. The number of amides is 1. The number of hydrogen-bond donors (Lipinski definition) is 1. The quantitative estimate of drug-likeness (QED) is 0.746. The maximum absolute atomic E-state index is 12.6. The summed E-state index contributed by atoms with van der Waals surface area (Å²) in [5, 5.41) is 5.41. The Morgan fingerprint density at radius 3 is 2.38 bits per heavy atom. The molecule has 26 heavy (non-hydrogen) atoms. The van der Waals surface area contributed by atoms with Crippen LogP contribution >= 0.6 is 0 Å². The van der Waals surface area contributed by atoms with Crippen LogP contribution in [0.5, 0.6) is 11.5 Å². The second-order valence-corrected chi connectivity index (χ2v) is 6.54. The molecule has 0 bridgehead atoms. The van der Waals surface area contributed by atoms with E-state index in [0.717, 1.165) is 29.7 Å². The number of carbonyl (C=O) groups excluding carboxylic acids is 1. The largest absolute Gasteiger partial charge is 0.497 e. The topological polar surface area (TPSA) is 47.6 Å². The molecule has 1 aliphatic rings. The van der Waals surface area contributed by atoms with Gasteiger partial charge in [0.15, 0.2) is 6.10 Å². The zero-order valence-corrected chi connectivity index (χ0v) is 14.9. The van der Waals surface area contributed by atoms with Gasteiger partial charge in [-0.15, -0.1) is 0 Å². The van der Waals surface area contributed by atoms with Gasteiger partial charge in [0.1, 0.15) is 11.5 Å². The van der Waals surface area contributed by atoms with Crippen LogP contribution in [0.3, 0.4) is 0 Å². The van der Waals surface area contributed by atoms with Crippen LogP contribution in [0.15, 0.2) is 54.6 Å². The van der Waals surface area contributed by atoms with Crippen molar-refractivity contribution in [3.8, 4) is 11.5 Å². The summed E-state index contributed by atoms with van der Waals surface area (Å²) in [6.07, 6.45) is 1.54. The molecule has 0 aromatic heterocycles. The minimum atomic E-state index is -0.605. The highest BCUT2D eigenvalue weighted by atomic mass is 16.5. The van der Waals surface area contributed by atoms with Crippen LogP contribution in [0.25, 0.3) is 10.8 Å². The lowest BCUT2D eigenvalue weighted by molar-refractivity contribution is -0.122. The lowest BCUT2D eigenvalue weighted by Gasteiger charge is -2.16. The molecule has 4 nitrogen and oxygen atoms in total. The van der Waals surface area contributed by atoms with Gasteiger partial charge in [0, 0.05) is 11.1 Å². The molecule has 1 amide bonds. The Morgan fingerprint density at radius 1 is 0.962 bits per heavy atom. The monoisotopic (exact) mass is 347 g/mol. The molecule has 3 aromatic carbocycles. The first kappa shape index (κ1) is 16.5. The predicted molar refractivity (Wildman–Crippen MR) is 103 cm³/mol. The standard InChI is InChI=1S/C22H21NO3/c1-14(26-18-11-9-17(25-2)10-12-18)22(24)23-20-13-8-16-7-6-15-4-3-5-19(20)21(15)16/h3-5,8-14H,6-7H2,1-2H3,(H,23,24)/t14-/m0/s1. The zero-order valence-electron chi connectivity index (χ0n) is 14.9. The van der Waals surface area contributed by atoms with Crippen molar-refractivity contribution in [1.82, 2.24) is 0 Å². The van der Waals surface area contributed by atoms with Crippen LogP contribution < -0.4 is 14.8 Å². The molecule has 0 heterocycles. The SMILES string of the molecule is COc1ccc(O[C@@H](C)C(=O)Nc2ccc3c4c(cccc24)CC3)cc1. The molecule has 0 fully saturated rings. The van der Waals surface area contributed by atoms with Crippen molar-refractivity contribution in [3.63, 3.8) is 0 Å². The number of rotatable bonds is 5. The molecule has 0 radical (unpaired) electrons. The molecule has 0 aliphatic heterocycles. The van der Waals surface area contributed by atoms with E-state index in [4.69, 9.17) is 9.47 Å². The minimum Gasteiger partial charge on any atom is -0.497 e. The summed E-state index contributed by atoms with van der Waals surface area (Å²) in [5.74, 6) is 1.22. The number of nitrogens with one attached hydrogen (secondary N) is 1. The molecule has 132 valence electrons. The minimum absolute atomic E-state index is 0.167. The van der Waals surface area contributed by atoms with Gasteiger partial charge in [-0.3, -0.25) is 4.79 Å². The van der Waals surface area contributed by atoms with Crippen molar-refractivity contribution in [3.05, 3.63) is 65.7 Å². The summed E-state index contributed by atoms with van der Waals surface area (Å²) in [5.41, 5.74) is 3.55. The predicted octanol–water partition coefficient (Wildman–Crippen LogP) is 4.35. The maximum atomic E-state index is 12.6. The van der Waals surface area contributed by atoms with E-state index in [1.165, 1.54) is 16.5 Å². The van der Waals surface area contributed by atoms with Crippen molar-refractivity contribution in [1.29, 1.82) is 0 Å². The Balaban J connectivity index is 1.52. The summed E-state index contributed by atoms with van der Waals surface area (Å²) in [6, 6.07) is 17.6. The molecular formula is C22H21NO3. The van der Waals surface area contributed by atoms with Crippen LogP contribution in [0.1, 0.15) is 18.1 Å². The summed E-state index contributed by atoms with van der Waals surface area (Å²) >= 11 is 0. The van der Waals surface area contributed by atoms with Crippen molar-refractivity contribution >= 4 is 22.4 Å². The second-order valence-electron chi connectivity index (χ2n) is 6.54. The molecular weight excluding hydrogens is 326 g/mol. The molecule has 1 N–H and O–H groups in total. The first-order valence-corrected chi connectivity index (χ1v) is 8.81. The van der Waals surface area contributed by atoms with Gasteiger partial charge in [0.2, 0.25) is 0 Å². The van der Waals surface area contributed by atoms with Crippen molar-refractivity contribution in [2.24, 2.45) is 0 Å². The lowest BCUT2D eigenvalue weighted by Crippen LogP contribution is -2.30. The van der Waals surface area contributed by atoms with E-state index in [0.29, 0.717) is 5.75 Å². The highest BCUT2D eigenvalue weighted by molar-refractivity contribution is 6.06. The van der Waals surface area contributed by atoms with Gasteiger partial charge in [-0.2, -0.15) is 0 Å². The van der Waals surface area contributed by atoms with E-state index in [1.54, 1.807) is 26.2 Å². The Kier molecular flexibility index (Phi) is 4.25. The summed E-state index contributed by atoms with van der Waals surface area (Å²) in [6.45, 7) is 1.75. The Morgan fingerprint density at radius 2 is 1.65 bits per heavy atom. The second kappa shape index (κ2) is 6.71. The number of anilines is 1. The van der Waals surface area contributed by atoms with E-state index in [9.17, 15) is 4.79 Å². The third-order valence-corrected chi connectivity index (χ3v) is 4.88. The van der Waals surface area contributed by atoms with Gasteiger partial charge in [-0.25, -0.2) is 0 Å². The Hall–Kier alpha value is -3.01. The van der Waals surface area contributed by atoms with E-state index in [1.807, 2.05) is 18.2 Å². The summed E-state index contributed by atoms with van der Waals surface area (Å²) < 4.78 is 10.9. The van der Waals surface area contributed by atoms with Crippen molar-refractivity contribution in [2.45, 2.75) is 25.9 Å². The number of benzene rings is 3. The zero-order chi connectivity index (χ0) is 18.1. The van der Waals surface area contributed by atoms with Crippen LogP contribution in [0.2, 0.25) is 0 Å². The highest BCUT2D eigenvalue weighted by Gasteiger charge is 2.19. The molecule has 1 aliphatic carbocycles. The molecule has 0 unspecified atom stereocenters. The van der Waals surface area contributed by atoms with Crippen molar-refractivity contribution in [2.75, 3.05) is 12.4 Å². The van der Waals surface area contributed by atoms with Crippen LogP contribution in [-0.4, -0.2) is 19.1 Å². The smallest absolute Gasteiger partial charge is 0.265 e. The van der Waals surface area contributed by atoms with Crippen LogP contribution in [0.4, 0.5) is 5.69 Å². The first-order chi connectivity index (χ1) is 12.7. The number of hydrogen-bond acceptors (Lipinski definition) is 3. The molecule has 1 atom stereocenters. The Bertz CT molecular complexity index is 953. The molecule has 4 heteroatoms. The van der Waals surface area contributed by atoms with Crippen molar-refractivity contribution < 1.29 is 14.3 Å². The van der Waals surface area contributed by atoms with Gasteiger partial charge in [0.05, 0.1) is 7.11 Å². The van der Waals surface area contributed by atoms with E-state index >= 15 is 0 Å². The number of aryl methyl sites for hydroxylation is 2. The molecule has 4 rings (SSSR count). The lowest BCUT2D eigenvalue weighted by atomic mass is 10.0. The summed E-state index contributed by atoms with van der Waals surface area (Å²) in [7, 11) is 1.62. The highest BCUT2D eigenvalue weighted by Crippen LogP contribution is 2.35. The average molecular weight is 347 g/mol. The number of methoxy groups -OCH3 is 1. The molecule has 0 saturated carbocycles. The molecule has 0 spiro atoms. The average Bonchev–Trinajstić information content (AvgIpc) is 3.09. The van der Waals surface area contributed by atoms with E-state index in [-0.39, 0.29) is 5.91 Å². The van der Waals surface area contributed by atoms with Crippen LogP contribution in [0, 0.1) is 0 Å².